The van der Waals surface area contributed by atoms with Crippen LogP contribution in [0.5, 0.6) is 0 Å². The lowest BCUT2D eigenvalue weighted by molar-refractivity contribution is 0.00721. The number of nitrogens with zero attached hydrogens (tertiary/aromatic N) is 1. The normalized spacial score (nSPS) is 26.5. The van der Waals surface area contributed by atoms with Gasteiger partial charge in [-0.3, -0.25) is 9.69 Å². The van der Waals surface area contributed by atoms with Gasteiger partial charge < -0.3 is 14.8 Å². The fourth-order valence-corrected chi connectivity index (χ4v) is 4.13. The van der Waals surface area contributed by atoms with Crippen molar-refractivity contribution in [3.8, 4) is 0 Å². The smallest absolute Gasteiger partial charge is 0.287 e. The SMILES string of the molecule is CCc1oc(C(=O)NC2CCN(C3CCCCC3O)CC2)cc1C. The maximum Gasteiger partial charge on any atom is 0.287 e. The second-order valence-electron chi connectivity index (χ2n) is 7.27. The first-order valence-electron chi connectivity index (χ1n) is 9.40. The van der Waals surface area contributed by atoms with E-state index < -0.39 is 0 Å². The highest BCUT2D eigenvalue weighted by atomic mass is 16.4. The van der Waals surface area contributed by atoms with Crippen LogP contribution in [0.4, 0.5) is 0 Å². The topological polar surface area (TPSA) is 65.7 Å². The summed E-state index contributed by atoms with van der Waals surface area (Å²) in [7, 11) is 0. The Kier molecular flexibility index (Phi) is 5.61. The molecule has 1 saturated carbocycles. The van der Waals surface area contributed by atoms with Gasteiger partial charge in [-0.2, -0.15) is 0 Å². The summed E-state index contributed by atoms with van der Waals surface area (Å²) in [4.78, 5) is 14.8. The van der Waals surface area contributed by atoms with Crippen LogP contribution in [0.25, 0.3) is 0 Å². The highest BCUT2D eigenvalue weighted by Crippen LogP contribution is 2.26. The molecule has 5 nitrogen and oxygen atoms in total. The van der Waals surface area contributed by atoms with E-state index in [-0.39, 0.29) is 18.1 Å². The summed E-state index contributed by atoms with van der Waals surface area (Å²) in [5.41, 5.74) is 1.05. The Morgan fingerprint density at radius 3 is 2.62 bits per heavy atom. The third-order valence-electron chi connectivity index (χ3n) is 5.59. The molecule has 0 radical (unpaired) electrons. The van der Waals surface area contributed by atoms with Gasteiger partial charge in [0.1, 0.15) is 5.76 Å². The molecule has 1 saturated heterocycles. The molecule has 1 aromatic rings. The van der Waals surface area contributed by atoms with Gasteiger partial charge in [-0.1, -0.05) is 19.8 Å². The number of aryl methyl sites for hydroxylation is 2. The Bertz CT molecular complexity index is 561. The number of carbonyl (C=O) groups excluding carboxylic acids is 1. The van der Waals surface area contributed by atoms with E-state index in [1.54, 1.807) is 0 Å². The molecule has 3 rings (SSSR count). The summed E-state index contributed by atoms with van der Waals surface area (Å²) in [5, 5.41) is 13.3. The van der Waals surface area contributed by atoms with E-state index >= 15 is 0 Å². The molecule has 2 heterocycles. The van der Waals surface area contributed by atoms with Gasteiger partial charge in [0.2, 0.25) is 0 Å². The van der Waals surface area contributed by atoms with Gasteiger partial charge in [-0.25, -0.2) is 0 Å². The van der Waals surface area contributed by atoms with Crippen molar-refractivity contribution < 1.29 is 14.3 Å². The van der Waals surface area contributed by atoms with Crippen LogP contribution in [-0.4, -0.2) is 47.2 Å². The molecule has 1 aliphatic heterocycles. The van der Waals surface area contributed by atoms with Crippen LogP contribution in [0, 0.1) is 6.92 Å². The average molecular weight is 334 g/mol. The maximum absolute atomic E-state index is 12.4. The lowest BCUT2D eigenvalue weighted by Gasteiger charge is -2.41. The number of aliphatic hydroxyl groups is 1. The van der Waals surface area contributed by atoms with Crippen LogP contribution >= 0.6 is 0 Å². The van der Waals surface area contributed by atoms with E-state index in [0.29, 0.717) is 11.8 Å². The summed E-state index contributed by atoms with van der Waals surface area (Å²) in [6.07, 6.45) is 6.90. The summed E-state index contributed by atoms with van der Waals surface area (Å²) < 4.78 is 5.64. The summed E-state index contributed by atoms with van der Waals surface area (Å²) in [5.74, 6) is 1.21. The van der Waals surface area contributed by atoms with E-state index in [9.17, 15) is 9.90 Å². The monoisotopic (exact) mass is 334 g/mol. The maximum atomic E-state index is 12.4. The second kappa shape index (κ2) is 7.70. The van der Waals surface area contributed by atoms with Gasteiger partial charge in [0.25, 0.3) is 5.91 Å². The van der Waals surface area contributed by atoms with Crippen LogP contribution in [0.3, 0.4) is 0 Å². The number of carbonyl (C=O) groups is 1. The Labute approximate surface area is 144 Å². The number of hydrogen-bond donors (Lipinski definition) is 2. The van der Waals surface area contributed by atoms with Crippen molar-refractivity contribution in [1.29, 1.82) is 0 Å². The van der Waals surface area contributed by atoms with E-state index in [4.69, 9.17) is 4.42 Å². The molecule has 1 amide bonds. The molecule has 0 aromatic carbocycles. The number of aliphatic hydroxyl groups excluding tert-OH is 1. The second-order valence-corrected chi connectivity index (χ2v) is 7.27. The molecular formula is C19H30N2O3. The zero-order valence-corrected chi connectivity index (χ0v) is 14.9. The molecule has 2 unspecified atom stereocenters. The number of amides is 1. The molecule has 0 bridgehead atoms. The van der Waals surface area contributed by atoms with Crippen molar-refractivity contribution in [2.24, 2.45) is 0 Å². The summed E-state index contributed by atoms with van der Waals surface area (Å²) >= 11 is 0. The van der Waals surface area contributed by atoms with E-state index in [2.05, 4.69) is 10.2 Å². The Balaban J connectivity index is 1.50. The van der Waals surface area contributed by atoms with Crippen LogP contribution in [-0.2, 0) is 6.42 Å². The summed E-state index contributed by atoms with van der Waals surface area (Å²) in [6.45, 7) is 5.91. The molecular weight excluding hydrogens is 304 g/mol. The van der Waals surface area contributed by atoms with Gasteiger partial charge >= 0.3 is 0 Å². The number of piperidine rings is 1. The van der Waals surface area contributed by atoms with E-state index in [0.717, 1.165) is 62.9 Å². The quantitative estimate of drug-likeness (QED) is 0.888. The zero-order valence-electron chi connectivity index (χ0n) is 14.9. The van der Waals surface area contributed by atoms with Crippen LogP contribution in [0.2, 0.25) is 0 Å². The standard InChI is InChI=1S/C19H30N2O3/c1-3-17-13(2)12-18(24-17)19(23)20-14-8-10-21(11-9-14)15-6-4-5-7-16(15)22/h12,14-16,22H,3-11H2,1-2H3,(H,20,23). The first kappa shape index (κ1) is 17.5. The van der Waals surface area contributed by atoms with E-state index in [1.165, 1.54) is 6.42 Å². The van der Waals surface area contributed by atoms with Crippen molar-refractivity contribution >= 4 is 5.91 Å². The Morgan fingerprint density at radius 1 is 1.29 bits per heavy atom. The molecule has 5 heteroatoms. The van der Waals surface area contributed by atoms with E-state index in [1.807, 2.05) is 19.9 Å². The molecule has 2 fully saturated rings. The van der Waals surface area contributed by atoms with Gasteiger partial charge in [-0.05, 0) is 44.2 Å². The predicted molar refractivity (Wildman–Crippen MR) is 93.1 cm³/mol. The van der Waals surface area contributed by atoms with Crippen molar-refractivity contribution in [2.75, 3.05) is 13.1 Å². The molecule has 2 aliphatic rings. The lowest BCUT2D eigenvalue weighted by atomic mass is 9.89. The van der Waals surface area contributed by atoms with Crippen molar-refractivity contribution in [1.82, 2.24) is 10.2 Å². The molecule has 1 aromatic heterocycles. The number of hydrogen-bond acceptors (Lipinski definition) is 4. The molecule has 2 N–H and O–H groups in total. The van der Waals surface area contributed by atoms with Crippen molar-refractivity contribution in [2.45, 2.75) is 77.0 Å². The third kappa shape index (κ3) is 3.83. The highest BCUT2D eigenvalue weighted by Gasteiger charge is 2.32. The van der Waals surface area contributed by atoms with Crippen molar-refractivity contribution in [3.05, 3.63) is 23.2 Å². The number of likely N-dealkylation sites (tertiary alicyclic amines) is 1. The zero-order chi connectivity index (χ0) is 17.1. The molecule has 0 spiro atoms. The summed E-state index contributed by atoms with van der Waals surface area (Å²) in [6, 6.07) is 2.35. The Morgan fingerprint density at radius 2 is 2.00 bits per heavy atom. The largest absolute Gasteiger partial charge is 0.456 e. The molecule has 24 heavy (non-hydrogen) atoms. The molecule has 134 valence electrons. The fraction of sp³-hybridized carbons (Fsp3) is 0.737. The van der Waals surface area contributed by atoms with Crippen LogP contribution < -0.4 is 5.32 Å². The highest BCUT2D eigenvalue weighted by molar-refractivity contribution is 5.92. The minimum atomic E-state index is -0.177. The molecule has 2 atom stereocenters. The lowest BCUT2D eigenvalue weighted by Crippen LogP contribution is -2.52. The van der Waals surface area contributed by atoms with Gasteiger partial charge in [0.15, 0.2) is 5.76 Å². The Hall–Kier alpha value is -1.33. The van der Waals surface area contributed by atoms with Crippen LogP contribution in [0.15, 0.2) is 10.5 Å². The minimum absolute atomic E-state index is 0.103. The van der Waals surface area contributed by atoms with Gasteiger partial charge in [0.05, 0.1) is 6.10 Å². The fourth-order valence-electron chi connectivity index (χ4n) is 4.13. The minimum Gasteiger partial charge on any atom is -0.456 e. The van der Waals surface area contributed by atoms with Gasteiger partial charge in [0, 0.05) is 31.6 Å². The number of rotatable bonds is 4. The number of nitrogens with one attached hydrogen (secondary N) is 1. The van der Waals surface area contributed by atoms with Gasteiger partial charge in [-0.15, -0.1) is 0 Å². The first-order chi connectivity index (χ1) is 11.6. The van der Waals surface area contributed by atoms with Crippen LogP contribution in [0.1, 0.15) is 67.3 Å². The predicted octanol–water partition coefficient (Wildman–Crippen LogP) is 2.65. The number of furan rings is 1. The van der Waals surface area contributed by atoms with Crippen molar-refractivity contribution in [3.63, 3.8) is 0 Å². The average Bonchev–Trinajstić information content (AvgIpc) is 2.97. The third-order valence-corrected chi connectivity index (χ3v) is 5.59. The first-order valence-corrected chi connectivity index (χ1v) is 9.40. The molecule has 1 aliphatic carbocycles.